The second kappa shape index (κ2) is 9.28. The van der Waals surface area contributed by atoms with Gasteiger partial charge < -0.3 is 9.64 Å². The Hall–Kier alpha value is -3.57. The van der Waals surface area contributed by atoms with E-state index >= 15 is 0 Å². The SMILES string of the molecule is CCN(C(=O)c1c(F)cccc1-n1nccn1)[C@@H](C)COc1ncc(C(F)(F)F)cc1F. The summed E-state index contributed by atoms with van der Waals surface area (Å²) in [6, 6.07) is 3.59. The lowest BCUT2D eigenvalue weighted by atomic mass is 10.1. The molecule has 0 saturated heterocycles. The number of rotatable bonds is 7. The number of hydrogen-bond acceptors (Lipinski definition) is 5. The van der Waals surface area contributed by atoms with E-state index in [0.29, 0.717) is 6.20 Å². The number of carbonyl (C=O) groups excluding carboxylic acids is 1. The molecule has 0 aliphatic heterocycles. The minimum absolute atomic E-state index is 0.127. The van der Waals surface area contributed by atoms with Gasteiger partial charge in [-0.15, -0.1) is 0 Å². The molecule has 0 spiro atoms. The summed E-state index contributed by atoms with van der Waals surface area (Å²) in [5, 5.41) is 7.85. The van der Waals surface area contributed by atoms with E-state index in [1.54, 1.807) is 13.8 Å². The van der Waals surface area contributed by atoms with E-state index in [2.05, 4.69) is 15.2 Å². The minimum atomic E-state index is -4.74. The minimum Gasteiger partial charge on any atom is -0.473 e. The zero-order valence-corrected chi connectivity index (χ0v) is 17.0. The van der Waals surface area contributed by atoms with Crippen LogP contribution in [-0.4, -0.2) is 50.0 Å². The van der Waals surface area contributed by atoms with E-state index in [-0.39, 0.29) is 30.5 Å². The fraction of sp³-hybridized carbons (Fsp3) is 0.300. The standard InChI is InChI=1S/C20H18F5N5O2/c1-3-29(12(2)11-32-18-15(22)9-13(10-26-18)20(23,24)25)19(31)17-14(21)5-4-6-16(17)30-27-7-8-28-30/h4-10,12H,3,11H2,1-2H3/t12-/m0/s1. The Bertz CT molecular complexity index is 1090. The summed E-state index contributed by atoms with van der Waals surface area (Å²) in [5.41, 5.74) is -1.39. The first-order valence-electron chi connectivity index (χ1n) is 9.45. The molecule has 2 heterocycles. The van der Waals surface area contributed by atoms with Crippen LogP contribution in [0.2, 0.25) is 0 Å². The van der Waals surface area contributed by atoms with Gasteiger partial charge in [-0.2, -0.15) is 28.2 Å². The number of halogens is 5. The molecule has 3 rings (SSSR count). The quantitative estimate of drug-likeness (QED) is 0.506. The van der Waals surface area contributed by atoms with Crippen molar-refractivity contribution in [2.24, 2.45) is 0 Å². The summed E-state index contributed by atoms with van der Waals surface area (Å²) in [6.07, 6.45) is -1.54. The number of nitrogens with zero attached hydrogens (tertiary/aromatic N) is 5. The predicted octanol–water partition coefficient (Wildman–Crippen LogP) is 3.89. The lowest BCUT2D eigenvalue weighted by molar-refractivity contribution is -0.138. The van der Waals surface area contributed by atoms with E-state index in [1.165, 1.54) is 29.4 Å². The summed E-state index contributed by atoms with van der Waals surface area (Å²) in [6.45, 7) is 3.07. The first kappa shape index (κ1) is 23.1. The third kappa shape index (κ3) is 4.84. The number of benzene rings is 1. The molecule has 1 atom stereocenters. The van der Waals surface area contributed by atoms with Crippen molar-refractivity contribution in [2.75, 3.05) is 13.2 Å². The molecular formula is C20H18F5N5O2. The molecular weight excluding hydrogens is 437 g/mol. The fourth-order valence-electron chi connectivity index (χ4n) is 3.01. The molecule has 0 saturated carbocycles. The summed E-state index contributed by atoms with van der Waals surface area (Å²) in [5.74, 6) is -3.40. The average molecular weight is 455 g/mol. The van der Waals surface area contributed by atoms with Crippen LogP contribution in [0.15, 0.2) is 42.9 Å². The summed E-state index contributed by atoms with van der Waals surface area (Å²) in [4.78, 5) is 18.9. The highest BCUT2D eigenvalue weighted by atomic mass is 19.4. The topological polar surface area (TPSA) is 73.1 Å². The van der Waals surface area contributed by atoms with Gasteiger partial charge in [0, 0.05) is 12.7 Å². The Labute approximate surface area is 179 Å². The molecule has 7 nitrogen and oxygen atoms in total. The van der Waals surface area contributed by atoms with Crippen molar-refractivity contribution >= 4 is 5.91 Å². The molecule has 1 aromatic carbocycles. The molecule has 170 valence electrons. The third-order valence-corrected chi connectivity index (χ3v) is 4.57. The van der Waals surface area contributed by atoms with Crippen molar-refractivity contribution in [1.82, 2.24) is 24.9 Å². The van der Waals surface area contributed by atoms with Crippen LogP contribution in [-0.2, 0) is 6.18 Å². The smallest absolute Gasteiger partial charge is 0.417 e. The van der Waals surface area contributed by atoms with Crippen molar-refractivity contribution < 1.29 is 31.5 Å². The molecule has 0 radical (unpaired) electrons. The summed E-state index contributed by atoms with van der Waals surface area (Å²) >= 11 is 0. The van der Waals surface area contributed by atoms with Crippen LogP contribution in [0, 0.1) is 11.6 Å². The molecule has 2 aromatic heterocycles. The number of amides is 1. The number of pyridine rings is 1. The molecule has 0 aliphatic carbocycles. The summed E-state index contributed by atoms with van der Waals surface area (Å²) in [7, 11) is 0. The highest BCUT2D eigenvalue weighted by molar-refractivity contribution is 5.98. The Balaban J connectivity index is 1.79. The zero-order valence-electron chi connectivity index (χ0n) is 17.0. The number of alkyl halides is 3. The van der Waals surface area contributed by atoms with Gasteiger partial charge in [0.05, 0.1) is 24.0 Å². The second-order valence-corrected chi connectivity index (χ2v) is 6.71. The number of hydrogen-bond donors (Lipinski definition) is 0. The van der Waals surface area contributed by atoms with Crippen LogP contribution in [0.1, 0.15) is 29.8 Å². The molecule has 3 aromatic rings. The maximum Gasteiger partial charge on any atom is 0.417 e. The van der Waals surface area contributed by atoms with Gasteiger partial charge in [-0.1, -0.05) is 6.07 Å². The van der Waals surface area contributed by atoms with Crippen LogP contribution in [0.25, 0.3) is 5.69 Å². The van der Waals surface area contributed by atoms with Crippen molar-refractivity contribution in [3.05, 3.63) is 65.6 Å². The lowest BCUT2D eigenvalue weighted by Crippen LogP contribution is -2.42. The van der Waals surface area contributed by atoms with Crippen LogP contribution in [0.4, 0.5) is 22.0 Å². The van der Waals surface area contributed by atoms with E-state index in [9.17, 15) is 26.7 Å². The fourth-order valence-corrected chi connectivity index (χ4v) is 3.01. The number of aromatic nitrogens is 4. The Morgan fingerprint density at radius 1 is 1.19 bits per heavy atom. The first-order chi connectivity index (χ1) is 15.1. The normalized spacial score (nSPS) is 12.5. The van der Waals surface area contributed by atoms with E-state index < -0.39 is 41.2 Å². The van der Waals surface area contributed by atoms with Crippen LogP contribution >= 0.6 is 0 Å². The first-order valence-corrected chi connectivity index (χ1v) is 9.45. The molecule has 0 aliphatic rings. The zero-order chi connectivity index (χ0) is 23.5. The number of likely N-dealkylation sites (N-methyl/N-ethyl adjacent to an activating group) is 1. The monoisotopic (exact) mass is 455 g/mol. The maximum atomic E-state index is 14.6. The lowest BCUT2D eigenvalue weighted by Gasteiger charge is -2.28. The molecule has 0 fully saturated rings. The van der Waals surface area contributed by atoms with Gasteiger partial charge in [-0.05, 0) is 32.0 Å². The van der Waals surface area contributed by atoms with Gasteiger partial charge in [-0.3, -0.25) is 4.79 Å². The highest BCUT2D eigenvalue weighted by Gasteiger charge is 2.32. The average Bonchev–Trinajstić information content (AvgIpc) is 3.27. The third-order valence-electron chi connectivity index (χ3n) is 4.57. The largest absolute Gasteiger partial charge is 0.473 e. The Morgan fingerprint density at radius 2 is 1.88 bits per heavy atom. The van der Waals surface area contributed by atoms with Gasteiger partial charge in [-0.25, -0.2) is 13.8 Å². The molecule has 0 unspecified atom stereocenters. The number of ether oxygens (including phenoxy) is 1. The molecule has 32 heavy (non-hydrogen) atoms. The van der Waals surface area contributed by atoms with Crippen LogP contribution in [0.3, 0.4) is 0 Å². The van der Waals surface area contributed by atoms with Crippen LogP contribution in [0.5, 0.6) is 5.88 Å². The van der Waals surface area contributed by atoms with Crippen molar-refractivity contribution in [1.29, 1.82) is 0 Å². The highest BCUT2D eigenvalue weighted by Crippen LogP contribution is 2.30. The van der Waals surface area contributed by atoms with Crippen molar-refractivity contribution in [2.45, 2.75) is 26.1 Å². The molecule has 1 amide bonds. The molecule has 0 N–H and O–H groups in total. The van der Waals surface area contributed by atoms with Crippen molar-refractivity contribution in [3.63, 3.8) is 0 Å². The Kier molecular flexibility index (Phi) is 6.70. The molecule has 12 heteroatoms. The van der Waals surface area contributed by atoms with E-state index in [1.807, 2.05) is 0 Å². The van der Waals surface area contributed by atoms with Crippen LogP contribution < -0.4 is 4.74 Å². The second-order valence-electron chi connectivity index (χ2n) is 6.71. The van der Waals surface area contributed by atoms with Gasteiger partial charge in [0.1, 0.15) is 23.7 Å². The van der Waals surface area contributed by atoms with Gasteiger partial charge in [0.25, 0.3) is 5.91 Å². The van der Waals surface area contributed by atoms with Gasteiger partial charge >= 0.3 is 6.18 Å². The van der Waals surface area contributed by atoms with E-state index in [4.69, 9.17) is 4.74 Å². The molecule has 0 bridgehead atoms. The Morgan fingerprint density at radius 3 is 2.47 bits per heavy atom. The predicted molar refractivity (Wildman–Crippen MR) is 102 cm³/mol. The van der Waals surface area contributed by atoms with E-state index in [0.717, 1.165) is 10.9 Å². The number of carbonyl (C=O) groups is 1. The van der Waals surface area contributed by atoms with Gasteiger partial charge in [0.15, 0.2) is 5.82 Å². The van der Waals surface area contributed by atoms with Crippen molar-refractivity contribution in [3.8, 4) is 11.6 Å². The van der Waals surface area contributed by atoms with Gasteiger partial charge in [0.2, 0.25) is 5.88 Å². The summed E-state index contributed by atoms with van der Waals surface area (Å²) < 4.78 is 71.7. The maximum absolute atomic E-state index is 14.6.